The van der Waals surface area contributed by atoms with Crippen LogP contribution in [0.5, 0.6) is 0 Å². The van der Waals surface area contributed by atoms with Crippen molar-refractivity contribution in [3.8, 4) is 44.8 Å². The Bertz CT molecular complexity index is 4020. The molecular formula is C55H25F3N8. The van der Waals surface area contributed by atoms with Gasteiger partial charge in [-0.2, -0.15) is 13.2 Å². The van der Waals surface area contributed by atoms with Gasteiger partial charge in [-0.15, -0.1) is 0 Å². The van der Waals surface area contributed by atoms with Crippen molar-refractivity contribution in [1.29, 1.82) is 0 Å². The van der Waals surface area contributed by atoms with Crippen molar-refractivity contribution in [2.45, 2.75) is 6.18 Å². The second-order valence-electron chi connectivity index (χ2n) is 15.3. The highest BCUT2D eigenvalue weighted by Crippen LogP contribution is 2.51. The van der Waals surface area contributed by atoms with Gasteiger partial charge in [0.15, 0.2) is 28.4 Å². The predicted octanol–water partition coefficient (Wildman–Crippen LogP) is 17.2. The number of benzene rings is 8. The van der Waals surface area contributed by atoms with Gasteiger partial charge in [0.25, 0.3) is 0 Å². The molecule has 0 aliphatic carbocycles. The van der Waals surface area contributed by atoms with E-state index in [0.717, 1.165) is 27.8 Å². The van der Waals surface area contributed by atoms with E-state index < -0.39 is 11.7 Å². The van der Waals surface area contributed by atoms with Gasteiger partial charge < -0.3 is 9.13 Å². The van der Waals surface area contributed by atoms with E-state index in [9.17, 15) is 0 Å². The average Bonchev–Trinajstić information content (AvgIpc) is 3.86. The van der Waals surface area contributed by atoms with Crippen LogP contribution in [0.3, 0.4) is 0 Å². The van der Waals surface area contributed by atoms with Gasteiger partial charge in [0.1, 0.15) is 0 Å². The molecule has 10 aromatic rings. The van der Waals surface area contributed by atoms with E-state index in [2.05, 4.69) is 29.1 Å². The fourth-order valence-electron chi connectivity index (χ4n) is 9.07. The molecule has 0 atom stereocenters. The third kappa shape index (κ3) is 6.18. The highest BCUT2D eigenvalue weighted by molar-refractivity contribution is 6.14. The van der Waals surface area contributed by atoms with Crippen molar-refractivity contribution >= 4 is 77.7 Å². The fraction of sp³-hybridized carbons (Fsp3) is 0.0182. The molecule has 66 heavy (non-hydrogen) atoms. The van der Waals surface area contributed by atoms with Gasteiger partial charge in [-0.3, -0.25) is 0 Å². The zero-order valence-electron chi connectivity index (χ0n) is 34.1. The Morgan fingerprint density at radius 1 is 0.394 bits per heavy atom. The van der Waals surface area contributed by atoms with Crippen LogP contribution in [0, 0.1) is 39.4 Å². The first-order chi connectivity index (χ1) is 32.1. The number of para-hydroxylation sites is 2. The maximum absolute atomic E-state index is 15.2. The zero-order valence-corrected chi connectivity index (χ0v) is 34.1. The van der Waals surface area contributed by atoms with Gasteiger partial charge in [0.05, 0.1) is 78.4 Å². The molecule has 306 valence electrons. The quantitative estimate of drug-likeness (QED) is 0.155. The Morgan fingerprint density at radius 2 is 0.894 bits per heavy atom. The largest absolute Gasteiger partial charge is 0.415 e. The van der Waals surface area contributed by atoms with E-state index in [-0.39, 0.29) is 33.9 Å². The minimum atomic E-state index is -4.86. The third-order valence-corrected chi connectivity index (χ3v) is 11.9. The molecule has 0 unspecified atom stereocenters. The summed E-state index contributed by atoms with van der Waals surface area (Å²) in [6.07, 6.45) is -4.86. The molecule has 0 radical (unpaired) electrons. The lowest BCUT2D eigenvalue weighted by Crippen LogP contribution is -2.09. The van der Waals surface area contributed by atoms with Crippen LogP contribution in [-0.2, 0) is 6.18 Å². The zero-order chi connectivity index (χ0) is 45.9. The minimum Gasteiger partial charge on any atom is -0.319 e. The van der Waals surface area contributed by atoms with E-state index in [1.807, 2.05) is 89.5 Å². The molecule has 10 rings (SSSR count). The molecule has 2 heterocycles. The monoisotopic (exact) mass is 854 g/mol. The lowest BCUT2D eigenvalue weighted by molar-refractivity contribution is -0.137. The van der Waals surface area contributed by atoms with E-state index in [4.69, 9.17) is 39.4 Å². The van der Waals surface area contributed by atoms with Crippen LogP contribution in [-0.4, -0.2) is 9.13 Å². The first-order valence-electron chi connectivity index (χ1n) is 20.1. The molecule has 0 aliphatic rings. The second-order valence-corrected chi connectivity index (χ2v) is 15.3. The predicted molar refractivity (Wildman–Crippen MR) is 254 cm³/mol. The summed E-state index contributed by atoms with van der Waals surface area (Å²) in [5.74, 6) is 0. The van der Waals surface area contributed by atoms with Gasteiger partial charge in [-0.25, -0.2) is 29.1 Å². The topological polar surface area (TPSA) is 36.0 Å². The summed E-state index contributed by atoms with van der Waals surface area (Å²) in [5.41, 5.74) is 5.43. The summed E-state index contributed by atoms with van der Waals surface area (Å²) in [6.45, 7) is 47.7. The van der Waals surface area contributed by atoms with Crippen LogP contribution in [0.25, 0.3) is 117 Å². The molecule has 8 nitrogen and oxygen atoms in total. The number of rotatable bonds is 5. The van der Waals surface area contributed by atoms with E-state index in [1.165, 1.54) is 18.2 Å². The van der Waals surface area contributed by atoms with Crippen molar-refractivity contribution in [2.75, 3.05) is 0 Å². The summed E-state index contributed by atoms with van der Waals surface area (Å²) in [7, 11) is 0. The summed E-state index contributed by atoms with van der Waals surface area (Å²) in [6, 6.07) is 42.8. The van der Waals surface area contributed by atoms with Crippen molar-refractivity contribution in [2.24, 2.45) is 0 Å². The normalized spacial score (nSPS) is 11.2. The summed E-state index contributed by atoms with van der Waals surface area (Å²) >= 11 is 0. The molecule has 0 fully saturated rings. The van der Waals surface area contributed by atoms with Crippen LogP contribution in [0.1, 0.15) is 5.56 Å². The Morgan fingerprint density at radius 3 is 1.41 bits per heavy atom. The molecule has 11 heteroatoms. The van der Waals surface area contributed by atoms with Crippen molar-refractivity contribution in [1.82, 2.24) is 9.13 Å². The SMILES string of the molecule is [C-]#[N+]c1ccc(-c2ccc3c(c2)c2ccccc2n3-c2ccc(-c3c([N+]#[C-])cccc3C(F)(F)F)c(-n3c4ccccc4c4cc(-c5ccc([N+]#[C-])cc5[N+]#[C-])ccc43)c2[N+]#[C-])c([N+]#[C-])c1. The molecule has 2 aromatic heterocycles. The van der Waals surface area contributed by atoms with Gasteiger partial charge in [0, 0.05) is 27.1 Å². The van der Waals surface area contributed by atoms with E-state index in [1.54, 1.807) is 47.0 Å². The molecule has 0 saturated carbocycles. The maximum atomic E-state index is 15.2. The summed E-state index contributed by atoms with van der Waals surface area (Å²) in [4.78, 5) is 22.2. The molecule has 0 spiro atoms. The molecule has 0 amide bonds. The lowest BCUT2D eigenvalue weighted by Gasteiger charge is -2.23. The lowest BCUT2D eigenvalue weighted by atomic mass is 9.94. The fourth-order valence-corrected chi connectivity index (χ4v) is 9.07. The Labute approximate surface area is 375 Å². The number of hydrogen-bond acceptors (Lipinski definition) is 0. The van der Waals surface area contributed by atoms with Gasteiger partial charge in [-0.05, 0) is 70.3 Å². The van der Waals surface area contributed by atoms with Gasteiger partial charge >= 0.3 is 6.18 Å². The number of fused-ring (bicyclic) bond motifs is 6. The average molecular weight is 855 g/mol. The van der Waals surface area contributed by atoms with Crippen molar-refractivity contribution < 1.29 is 13.2 Å². The molecule has 0 saturated heterocycles. The third-order valence-electron chi connectivity index (χ3n) is 11.9. The number of halogens is 3. The summed E-state index contributed by atoms with van der Waals surface area (Å²) < 4.78 is 49.3. The molecule has 8 aromatic carbocycles. The Kier molecular flexibility index (Phi) is 9.41. The second kappa shape index (κ2) is 15.5. The van der Waals surface area contributed by atoms with Crippen LogP contribution in [0.15, 0.2) is 152 Å². The van der Waals surface area contributed by atoms with Crippen LogP contribution < -0.4 is 0 Å². The Hall–Kier alpha value is -9.91. The first-order valence-corrected chi connectivity index (χ1v) is 20.1. The number of nitrogens with zero attached hydrogens (tertiary/aromatic N) is 8. The van der Waals surface area contributed by atoms with E-state index >= 15 is 13.2 Å². The molecule has 0 aliphatic heterocycles. The first kappa shape index (κ1) is 40.2. The molecule has 0 bridgehead atoms. The standard InChI is InChI=1S/C55H25F3N8/c1-59-34-20-22-36(45(30-34)62-4)32-18-25-49-41(28-32)38-12-7-9-16-47(38)65(49)51-27-24-40(52-43(55(56,57)58)14-11-15-44(52)61-3)54(53(51)64-6)66-48-17-10-8-13-39(48)42-29-33(19-26-50(42)66)37-23-21-35(60-2)31-46(37)63-5/h7-31H. The van der Waals surface area contributed by atoms with Crippen LogP contribution in [0.4, 0.5) is 47.3 Å². The van der Waals surface area contributed by atoms with Crippen molar-refractivity contribution in [3.05, 3.63) is 226 Å². The molecule has 0 N–H and O–H groups in total. The van der Waals surface area contributed by atoms with E-state index in [0.29, 0.717) is 66.9 Å². The van der Waals surface area contributed by atoms with Gasteiger partial charge in [0.2, 0.25) is 5.69 Å². The van der Waals surface area contributed by atoms with Crippen LogP contribution in [0.2, 0.25) is 0 Å². The maximum Gasteiger partial charge on any atom is 0.415 e. The summed E-state index contributed by atoms with van der Waals surface area (Å²) in [5, 5.41) is 3.04. The molecular weight excluding hydrogens is 830 g/mol. The van der Waals surface area contributed by atoms with Crippen molar-refractivity contribution in [3.63, 3.8) is 0 Å². The Balaban J connectivity index is 1.32. The highest BCUT2D eigenvalue weighted by atomic mass is 19.4. The van der Waals surface area contributed by atoms with Crippen LogP contribution >= 0.6 is 0 Å². The number of alkyl halides is 3. The van der Waals surface area contributed by atoms with Gasteiger partial charge in [-0.1, -0.05) is 109 Å². The smallest absolute Gasteiger partial charge is 0.319 e. The highest BCUT2D eigenvalue weighted by Gasteiger charge is 2.36. The number of aromatic nitrogens is 2. The minimum absolute atomic E-state index is 0.0221. The number of hydrogen-bond donors (Lipinski definition) is 0.